The van der Waals surface area contributed by atoms with Crippen LogP contribution in [0.1, 0.15) is 5.69 Å². The molecular weight excluding hydrogens is 220 g/mol. The van der Waals surface area contributed by atoms with Crippen LogP contribution in [0, 0.1) is 11.3 Å². The molecule has 0 aliphatic carbocycles. The molecule has 1 aromatic heterocycles. The number of nitrogens with zero attached hydrogens (tertiary/aromatic N) is 2. The maximum Gasteiger partial charge on any atom is 0.148 e. The van der Waals surface area contributed by atoms with E-state index in [4.69, 9.17) is 5.26 Å². The topological polar surface area (TPSA) is 36.7 Å². The highest BCUT2D eigenvalue weighted by Crippen LogP contribution is 2.25. The van der Waals surface area contributed by atoms with Crippen molar-refractivity contribution in [2.75, 3.05) is 0 Å². The van der Waals surface area contributed by atoms with Gasteiger partial charge in [0.2, 0.25) is 0 Å². The summed E-state index contributed by atoms with van der Waals surface area (Å²) < 4.78 is 0. The number of aromatic nitrogens is 1. The van der Waals surface area contributed by atoms with Crippen LogP contribution in [-0.2, 0) is 0 Å². The Morgan fingerprint density at radius 2 is 1.72 bits per heavy atom. The van der Waals surface area contributed by atoms with Crippen LogP contribution in [0.15, 0.2) is 60.8 Å². The summed E-state index contributed by atoms with van der Waals surface area (Å²) in [6.07, 6.45) is 1.64. The molecule has 0 fully saturated rings. The minimum atomic E-state index is 0.466. The van der Waals surface area contributed by atoms with Gasteiger partial charge in [-0.1, -0.05) is 36.4 Å². The molecule has 0 unspecified atom stereocenters. The second kappa shape index (κ2) is 4.31. The molecule has 0 aliphatic heterocycles. The molecule has 0 atom stereocenters. The average molecular weight is 230 g/mol. The van der Waals surface area contributed by atoms with Crippen molar-refractivity contribution in [3.05, 3.63) is 66.5 Å². The molecule has 0 bridgehead atoms. The fourth-order valence-corrected chi connectivity index (χ4v) is 2.08. The van der Waals surface area contributed by atoms with Crippen LogP contribution >= 0.6 is 0 Å². The first-order valence-electron chi connectivity index (χ1n) is 5.73. The van der Waals surface area contributed by atoms with Gasteiger partial charge in [0.15, 0.2) is 0 Å². The number of nitriles is 1. The quantitative estimate of drug-likeness (QED) is 0.638. The number of hydrogen-bond donors (Lipinski definition) is 0. The van der Waals surface area contributed by atoms with Gasteiger partial charge in [0.25, 0.3) is 0 Å². The molecule has 3 rings (SSSR count). The molecule has 0 saturated heterocycles. The molecule has 2 nitrogen and oxygen atoms in total. The van der Waals surface area contributed by atoms with Crippen molar-refractivity contribution < 1.29 is 0 Å². The number of fused-ring (bicyclic) bond motifs is 1. The van der Waals surface area contributed by atoms with Crippen molar-refractivity contribution in [3.8, 4) is 17.2 Å². The van der Waals surface area contributed by atoms with Crippen molar-refractivity contribution in [1.29, 1.82) is 5.26 Å². The van der Waals surface area contributed by atoms with Crippen molar-refractivity contribution in [3.63, 3.8) is 0 Å². The predicted molar refractivity (Wildman–Crippen MR) is 71.9 cm³/mol. The molecule has 2 aromatic carbocycles. The maximum atomic E-state index is 9.08. The third kappa shape index (κ3) is 1.72. The Kier molecular flexibility index (Phi) is 2.51. The van der Waals surface area contributed by atoms with Gasteiger partial charge in [-0.2, -0.15) is 5.26 Å². The summed E-state index contributed by atoms with van der Waals surface area (Å²) in [7, 11) is 0. The molecule has 0 radical (unpaired) electrons. The lowest BCUT2D eigenvalue weighted by atomic mass is 10.0. The van der Waals surface area contributed by atoms with Crippen LogP contribution in [0.5, 0.6) is 0 Å². The lowest BCUT2D eigenvalue weighted by Gasteiger charge is -2.05. The SMILES string of the molecule is N#Cc1ncccc1-c1ccc2ccccc2c1. The first-order chi connectivity index (χ1) is 8.88. The minimum absolute atomic E-state index is 0.466. The third-order valence-electron chi connectivity index (χ3n) is 2.97. The minimum Gasteiger partial charge on any atom is -0.245 e. The van der Waals surface area contributed by atoms with Crippen molar-refractivity contribution in [2.45, 2.75) is 0 Å². The maximum absolute atomic E-state index is 9.08. The zero-order chi connectivity index (χ0) is 12.4. The van der Waals surface area contributed by atoms with E-state index in [2.05, 4.69) is 35.3 Å². The van der Waals surface area contributed by atoms with Crippen LogP contribution in [-0.4, -0.2) is 4.98 Å². The molecular formula is C16H10N2. The normalized spacial score (nSPS) is 10.2. The summed E-state index contributed by atoms with van der Waals surface area (Å²) in [6, 6.07) is 20.3. The average Bonchev–Trinajstić information content (AvgIpc) is 2.46. The fraction of sp³-hybridized carbons (Fsp3) is 0. The molecule has 3 aromatic rings. The van der Waals surface area contributed by atoms with E-state index in [0.29, 0.717) is 5.69 Å². The molecule has 0 amide bonds. The van der Waals surface area contributed by atoms with Gasteiger partial charge in [0.05, 0.1) is 0 Å². The van der Waals surface area contributed by atoms with E-state index in [1.807, 2.05) is 30.3 Å². The van der Waals surface area contributed by atoms with Gasteiger partial charge in [-0.15, -0.1) is 0 Å². The highest BCUT2D eigenvalue weighted by molar-refractivity contribution is 5.87. The smallest absolute Gasteiger partial charge is 0.148 e. The molecule has 84 valence electrons. The van der Waals surface area contributed by atoms with Gasteiger partial charge in [-0.05, 0) is 34.5 Å². The number of pyridine rings is 1. The molecule has 1 heterocycles. The van der Waals surface area contributed by atoms with Crippen LogP contribution in [0.3, 0.4) is 0 Å². The van der Waals surface area contributed by atoms with Gasteiger partial charge >= 0.3 is 0 Å². The van der Waals surface area contributed by atoms with Crippen LogP contribution < -0.4 is 0 Å². The van der Waals surface area contributed by atoms with E-state index in [1.165, 1.54) is 10.8 Å². The summed E-state index contributed by atoms with van der Waals surface area (Å²) in [4.78, 5) is 4.09. The first kappa shape index (κ1) is 10.5. The van der Waals surface area contributed by atoms with Crippen molar-refractivity contribution >= 4 is 10.8 Å². The van der Waals surface area contributed by atoms with Crippen molar-refractivity contribution in [1.82, 2.24) is 4.98 Å². The Morgan fingerprint density at radius 3 is 2.56 bits per heavy atom. The largest absolute Gasteiger partial charge is 0.245 e. The summed E-state index contributed by atoms with van der Waals surface area (Å²) >= 11 is 0. The molecule has 0 spiro atoms. The Bertz CT molecular complexity index is 754. The first-order valence-corrected chi connectivity index (χ1v) is 5.73. The third-order valence-corrected chi connectivity index (χ3v) is 2.97. The van der Waals surface area contributed by atoms with Crippen LogP contribution in [0.4, 0.5) is 0 Å². The predicted octanol–water partition coefficient (Wildman–Crippen LogP) is 3.77. The lowest BCUT2D eigenvalue weighted by molar-refractivity contribution is 1.27. The number of rotatable bonds is 1. The van der Waals surface area contributed by atoms with Gasteiger partial charge < -0.3 is 0 Å². The van der Waals surface area contributed by atoms with Gasteiger partial charge in [-0.25, -0.2) is 4.98 Å². The Labute approximate surface area is 105 Å². The van der Waals surface area contributed by atoms with E-state index in [9.17, 15) is 0 Å². The number of benzene rings is 2. The summed E-state index contributed by atoms with van der Waals surface area (Å²) in [6.45, 7) is 0. The molecule has 18 heavy (non-hydrogen) atoms. The Balaban J connectivity index is 2.23. The van der Waals surface area contributed by atoms with E-state index in [-0.39, 0.29) is 0 Å². The highest BCUT2D eigenvalue weighted by atomic mass is 14.7. The molecule has 0 N–H and O–H groups in total. The highest BCUT2D eigenvalue weighted by Gasteiger charge is 2.05. The van der Waals surface area contributed by atoms with E-state index in [0.717, 1.165) is 11.1 Å². The van der Waals surface area contributed by atoms with Gasteiger partial charge in [0, 0.05) is 11.8 Å². The second-order valence-electron chi connectivity index (χ2n) is 4.07. The standard InChI is InChI=1S/C16H10N2/c17-11-16-15(6-3-9-18-16)14-8-7-12-4-1-2-5-13(12)10-14/h1-10H. The van der Waals surface area contributed by atoms with Crippen LogP contribution in [0.25, 0.3) is 21.9 Å². The second-order valence-corrected chi connectivity index (χ2v) is 4.07. The Hall–Kier alpha value is -2.66. The van der Waals surface area contributed by atoms with E-state index < -0.39 is 0 Å². The summed E-state index contributed by atoms with van der Waals surface area (Å²) in [5.41, 5.74) is 2.37. The zero-order valence-electron chi connectivity index (χ0n) is 9.67. The summed E-state index contributed by atoms with van der Waals surface area (Å²) in [5, 5.41) is 11.4. The van der Waals surface area contributed by atoms with Crippen LogP contribution in [0.2, 0.25) is 0 Å². The van der Waals surface area contributed by atoms with E-state index >= 15 is 0 Å². The zero-order valence-corrected chi connectivity index (χ0v) is 9.67. The molecule has 2 heteroatoms. The Morgan fingerprint density at radius 1 is 0.889 bits per heavy atom. The monoisotopic (exact) mass is 230 g/mol. The number of hydrogen-bond acceptors (Lipinski definition) is 2. The lowest BCUT2D eigenvalue weighted by Crippen LogP contribution is -1.87. The van der Waals surface area contributed by atoms with E-state index in [1.54, 1.807) is 6.20 Å². The van der Waals surface area contributed by atoms with Gasteiger partial charge in [0.1, 0.15) is 11.8 Å². The fourth-order valence-electron chi connectivity index (χ4n) is 2.08. The molecule has 0 aliphatic rings. The molecule has 0 saturated carbocycles. The summed E-state index contributed by atoms with van der Waals surface area (Å²) in [5.74, 6) is 0. The van der Waals surface area contributed by atoms with Gasteiger partial charge in [-0.3, -0.25) is 0 Å². The van der Waals surface area contributed by atoms with Crippen molar-refractivity contribution in [2.24, 2.45) is 0 Å².